The molecule has 8 amide bonds. The molecule has 0 rings (SSSR count). The van der Waals surface area contributed by atoms with Crippen LogP contribution in [0.5, 0.6) is 0 Å². The molecular weight excluding hydrogens is 868 g/mol. The molecule has 0 saturated carbocycles. The summed E-state index contributed by atoms with van der Waals surface area (Å²) in [6, 6.07) is -11.5. The number of nitrogens with zero attached hydrogens (tertiary/aromatic N) is 1. The number of carbonyl (C=O) groups excluding carboxylic acids is 8. The normalized spacial score (nSPS) is 14.4. The molecule has 8 atom stereocenters. The molecule has 0 saturated heterocycles. The molecule has 0 heterocycles. The first-order chi connectivity index (χ1) is 30.1. The van der Waals surface area contributed by atoms with Crippen molar-refractivity contribution in [3.63, 3.8) is 0 Å². The van der Waals surface area contributed by atoms with E-state index in [1.807, 2.05) is 5.32 Å². The molecule has 0 aromatic rings. The maximum absolute atomic E-state index is 13.4. The number of carboxylic acid groups (broad SMARTS) is 4. The second kappa shape index (κ2) is 29.3. The van der Waals surface area contributed by atoms with E-state index in [2.05, 4.69) is 42.2 Å². The van der Waals surface area contributed by atoms with Crippen LogP contribution in [-0.4, -0.2) is 159 Å². The molecule has 0 aromatic heterocycles. The van der Waals surface area contributed by atoms with E-state index in [0.29, 0.717) is 0 Å². The molecule has 0 fully saturated rings. The Kier molecular flexibility index (Phi) is 26.1. The Labute approximate surface area is 372 Å². The Morgan fingerprint density at radius 1 is 0.508 bits per heavy atom. The molecule has 0 aromatic carbocycles. The van der Waals surface area contributed by atoms with E-state index in [9.17, 15) is 67.7 Å². The van der Waals surface area contributed by atoms with E-state index >= 15 is 0 Å². The van der Waals surface area contributed by atoms with Crippen LogP contribution in [0.25, 0.3) is 0 Å². The predicted molar refractivity (Wildman–Crippen MR) is 225 cm³/mol. The zero-order valence-corrected chi connectivity index (χ0v) is 36.6. The van der Waals surface area contributed by atoms with Gasteiger partial charge in [0.2, 0.25) is 47.3 Å². The number of carboxylic acids is 4. The van der Waals surface area contributed by atoms with Crippen molar-refractivity contribution >= 4 is 77.1 Å². The minimum Gasteiger partial charge on any atom is -0.481 e. The van der Waals surface area contributed by atoms with Crippen molar-refractivity contribution in [1.82, 2.24) is 42.5 Å². The maximum atomic E-state index is 13.4. The lowest BCUT2D eigenvalue weighted by Gasteiger charge is -2.25. The van der Waals surface area contributed by atoms with E-state index in [1.165, 1.54) is 20.8 Å². The van der Waals surface area contributed by atoms with Gasteiger partial charge in [0.05, 0.1) is 19.0 Å². The summed E-state index contributed by atoms with van der Waals surface area (Å²) in [4.78, 5) is 153. The Morgan fingerprint density at radius 3 is 1.35 bits per heavy atom. The average molecular weight is 931 g/mol. The largest absolute Gasteiger partial charge is 0.481 e. The Bertz CT molecular complexity index is 1770. The molecule has 65 heavy (non-hydrogen) atoms. The number of hydrogen-bond donors (Lipinski definition) is 15. The maximum Gasteiger partial charge on any atom is 0.326 e. The fourth-order valence-electron chi connectivity index (χ4n) is 5.39. The first-order valence-electron chi connectivity index (χ1n) is 20.2. The quantitative estimate of drug-likeness (QED) is 0.0175. The lowest BCUT2D eigenvalue weighted by Crippen LogP contribution is -2.58. The average Bonchev–Trinajstić information content (AvgIpc) is 3.19. The minimum absolute atomic E-state index is 0.00493. The molecule has 0 aliphatic rings. The third-order valence-electron chi connectivity index (χ3n) is 8.83. The summed E-state index contributed by atoms with van der Waals surface area (Å²) in [6.45, 7) is 6.46. The van der Waals surface area contributed by atoms with Crippen LogP contribution < -0.4 is 59.7 Å². The van der Waals surface area contributed by atoms with Crippen molar-refractivity contribution in [1.29, 1.82) is 0 Å². The van der Waals surface area contributed by atoms with Crippen molar-refractivity contribution in [2.45, 2.75) is 134 Å². The molecule has 0 aliphatic heterocycles. The van der Waals surface area contributed by atoms with Crippen LogP contribution in [0.1, 0.15) is 86.0 Å². The summed E-state index contributed by atoms with van der Waals surface area (Å²) >= 11 is 0. The first kappa shape index (κ1) is 57.9. The second-order valence-corrected chi connectivity index (χ2v) is 15.2. The highest BCUT2D eigenvalue weighted by Gasteiger charge is 2.33. The first-order valence-corrected chi connectivity index (χ1v) is 20.2. The SMILES string of the molecule is CC(C)C[C@H](NC(=O)CNC(=O)[C@H](CCCN=C(N)N)NC(=O)[C@H](CCC(=O)O)NC(=O)[C@H](C)NC(=O)[C@H](C)N)C(=O)N[C@@H](C)C(=O)N[C@@H](CCC(=O)O)C(=O)N[C@@H](CC(=O)O)C(=O)O. The van der Waals surface area contributed by atoms with Gasteiger partial charge in [-0.3, -0.25) is 57.7 Å². The van der Waals surface area contributed by atoms with Gasteiger partial charge in [0, 0.05) is 19.4 Å². The predicted octanol–water partition coefficient (Wildman–Crippen LogP) is -5.73. The van der Waals surface area contributed by atoms with E-state index in [1.54, 1.807) is 13.8 Å². The molecule has 18 N–H and O–H groups in total. The van der Waals surface area contributed by atoms with Crippen LogP contribution in [0.2, 0.25) is 0 Å². The number of amides is 8. The van der Waals surface area contributed by atoms with Crippen molar-refractivity contribution in [3.05, 3.63) is 0 Å². The summed E-state index contributed by atoms with van der Waals surface area (Å²) in [5.74, 6) is -14.1. The van der Waals surface area contributed by atoms with Crippen molar-refractivity contribution < 1.29 is 78.0 Å². The van der Waals surface area contributed by atoms with Gasteiger partial charge in [0.1, 0.15) is 42.3 Å². The fourth-order valence-corrected chi connectivity index (χ4v) is 5.39. The van der Waals surface area contributed by atoms with Gasteiger partial charge in [-0.1, -0.05) is 13.8 Å². The number of aliphatic carboxylic acids is 4. The van der Waals surface area contributed by atoms with E-state index < -0.39 is 158 Å². The fraction of sp³-hybridized carbons (Fsp3) is 0.649. The number of rotatable bonds is 31. The van der Waals surface area contributed by atoms with Crippen LogP contribution in [0, 0.1) is 5.92 Å². The number of nitrogens with one attached hydrogen (secondary N) is 8. The summed E-state index contributed by atoms with van der Waals surface area (Å²) in [5, 5.41) is 54.9. The van der Waals surface area contributed by atoms with Gasteiger partial charge in [-0.25, -0.2) is 4.79 Å². The van der Waals surface area contributed by atoms with Crippen LogP contribution in [0.3, 0.4) is 0 Å². The Hall–Kier alpha value is -7.13. The van der Waals surface area contributed by atoms with Crippen molar-refractivity contribution in [2.75, 3.05) is 13.1 Å². The third kappa shape index (κ3) is 24.9. The summed E-state index contributed by atoms with van der Waals surface area (Å²) in [7, 11) is 0. The molecule has 28 heteroatoms. The van der Waals surface area contributed by atoms with Gasteiger partial charge in [-0.2, -0.15) is 0 Å². The smallest absolute Gasteiger partial charge is 0.326 e. The standard InChI is InChI=1S/C37H62N12O16/c1-16(2)13-23(35(63)44-19(5)31(59)47-22(9-11-27(53)54)34(62)49-24(36(64)65)14-28(55)56)45-25(50)15-42-32(60)20(7-6-12-41-37(39)40)48-33(61)21(8-10-26(51)52)46-30(58)18(4)43-29(57)17(3)38/h16-24H,6-15,38H2,1-5H3,(H,42,60)(H,43,57)(H,44,63)(H,45,50)(H,46,58)(H,47,59)(H,48,61)(H,49,62)(H,51,52)(H,53,54)(H,55,56)(H,64,65)(H4,39,40,41)/t17-,18-,19-,20-,21-,22-,23-,24-/m0/s1. The number of nitrogens with two attached hydrogens (primary N) is 3. The van der Waals surface area contributed by atoms with Crippen molar-refractivity contribution in [2.24, 2.45) is 28.1 Å². The van der Waals surface area contributed by atoms with Gasteiger partial charge in [-0.15, -0.1) is 0 Å². The molecule has 0 unspecified atom stereocenters. The molecule has 0 aliphatic carbocycles. The minimum atomic E-state index is -1.92. The van der Waals surface area contributed by atoms with E-state index in [-0.39, 0.29) is 37.7 Å². The van der Waals surface area contributed by atoms with Crippen LogP contribution in [0.15, 0.2) is 4.99 Å². The van der Waals surface area contributed by atoms with Crippen LogP contribution in [-0.2, 0) is 57.5 Å². The molecule has 28 nitrogen and oxygen atoms in total. The van der Waals surface area contributed by atoms with Crippen LogP contribution >= 0.6 is 0 Å². The summed E-state index contributed by atoms with van der Waals surface area (Å²) in [5.41, 5.74) is 16.2. The van der Waals surface area contributed by atoms with Gasteiger partial charge in [0.15, 0.2) is 5.96 Å². The highest BCUT2D eigenvalue weighted by Crippen LogP contribution is 2.08. The monoisotopic (exact) mass is 930 g/mol. The Balaban J connectivity index is 6.04. The topological polar surface area (TPSA) is 472 Å². The molecular formula is C37H62N12O16. The third-order valence-corrected chi connectivity index (χ3v) is 8.83. The van der Waals surface area contributed by atoms with Gasteiger partial charge < -0.3 is 80.2 Å². The number of carbonyl (C=O) groups is 12. The summed E-state index contributed by atoms with van der Waals surface area (Å²) < 4.78 is 0. The molecule has 0 spiro atoms. The highest BCUT2D eigenvalue weighted by molar-refractivity contribution is 5.97. The lowest BCUT2D eigenvalue weighted by atomic mass is 10.0. The molecule has 0 bridgehead atoms. The van der Waals surface area contributed by atoms with E-state index in [4.69, 9.17) is 27.4 Å². The van der Waals surface area contributed by atoms with Crippen molar-refractivity contribution in [3.8, 4) is 0 Å². The number of aliphatic imine (C=N–C) groups is 1. The van der Waals surface area contributed by atoms with Gasteiger partial charge in [-0.05, 0) is 58.8 Å². The lowest BCUT2D eigenvalue weighted by molar-refractivity contribution is -0.147. The second-order valence-electron chi connectivity index (χ2n) is 15.2. The Morgan fingerprint density at radius 2 is 0.938 bits per heavy atom. The molecule has 0 radical (unpaired) electrons. The van der Waals surface area contributed by atoms with Gasteiger partial charge >= 0.3 is 23.9 Å². The zero-order valence-electron chi connectivity index (χ0n) is 36.6. The van der Waals surface area contributed by atoms with Gasteiger partial charge in [0.25, 0.3) is 0 Å². The molecule has 366 valence electrons. The highest BCUT2D eigenvalue weighted by atomic mass is 16.4. The zero-order chi connectivity index (χ0) is 50.1. The van der Waals surface area contributed by atoms with E-state index in [0.717, 1.165) is 0 Å². The number of guanidine groups is 1. The van der Waals surface area contributed by atoms with Crippen LogP contribution in [0.4, 0.5) is 0 Å². The number of hydrogen-bond acceptors (Lipinski definition) is 14. The summed E-state index contributed by atoms with van der Waals surface area (Å²) in [6.07, 6.45) is -3.35.